The third-order valence-electron chi connectivity index (χ3n) is 4.78. The minimum absolute atomic E-state index is 0.241. The standard InChI is InChI=1S/C16H24O3/c1-11(9-15(17)18-4)5-6-13-7-8-14-10-16(13,3)12(2)19-14/h5-6,9,12-14H,7-8,10H2,1-4H3/b6-5+,11-9+. The average molecular weight is 264 g/mol. The number of rotatable bonds is 3. The molecular formula is C16H24O3. The summed E-state index contributed by atoms with van der Waals surface area (Å²) in [5.41, 5.74) is 1.18. The van der Waals surface area contributed by atoms with E-state index in [1.165, 1.54) is 19.6 Å². The lowest BCUT2D eigenvalue weighted by molar-refractivity contribution is -0.134. The molecule has 0 radical (unpaired) electrons. The molecule has 1 aliphatic carbocycles. The van der Waals surface area contributed by atoms with E-state index in [1.807, 2.05) is 13.0 Å². The van der Waals surface area contributed by atoms with Gasteiger partial charge in [0.15, 0.2) is 0 Å². The molecule has 106 valence electrons. The van der Waals surface area contributed by atoms with Crippen LogP contribution in [0.3, 0.4) is 0 Å². The molecule has 0 N–H and O–H groups in total. The maximum Gasteiger partial charge on any atom is 0.330 e. The minimum Gasteiger partial charge on any atom is -0.466 e. The van der Waals surface area contributed by atoms with Gasteiger partial charge in [-0.3, -0.25) is 0 Å². The molecule has 0 aromatic carbocycles. The molecule has 1 heterocycles. The Bertz CT molecular complexity index is 410. The zero-order valence-electron chi connectivity index (χ0n) is 12.3. The molecule has 0 aromatic rings. The monoisotopic (exact) mass is 264 g/mol. The van der Waals surface area contributed by atoms with Crippen molar-refractivity contribution in [1.82, 2.24) is 0 Å². The first-order chi connectivity index (χ1) is 8.95. The number of carbonyl (C=O) groups excluding carboxylic acids is 1. The normalized spacial score (nSPS) is 38.7. The van der Waals surface area contributed by atoms with Crippen LogP contribution in [-0.4, -0.2) is 25.3 Å². The number of hydrogen-bond donors (Lipinski definition) is 0. The summed E-state index contributed by atoms with van der Waals surface area (Å²) in [6.07, 6.45) is 10.1. The average Bonchev–Trinajstić information content (AvgIpc) is 2.59. The van der Waals surface area contributed by atoms with E-state index < -0.39 is 0 Å². The Labute approximate surface area is 115 Å². The molecule has 0 aromatic heterocycles. The highest BCUT2D eigenvalue weighted by molar-refractivity contribution is 5.83. The number of carbonyl (C=O) groups is 1. The van der Waals surface area contributed by atoms with Crippen LogP contribution < -0.4 is 0 Å². The second-order valence-electron chi connectivity index (χ2n) is 6.06. The molecule has 1 saturated heterocycles. The third kappa shape index (κ3) is 2.92. The Hall–Kier alpha value is -1.09. The van der Waals surface area contributed by atoms with Gasteiger partial charge in [0.25, 0.3) is 0 Å². The number of esters is 1. The van der Waals surface area contributed by atoms with Gasteiger partial charge in [-0.1, -0.05) is 19.1 Å². The van der Waals surface area contributed by atoms with Gasteiger partial charge >= 0.3 is 5.97 Å². The van der Waals surface area contributed by atoms with E-state index in [0.717, 1.165) is 18.4 Å². The van der Waals surface area contributed by atoms with Crippen LogP contribution in [0.1, 0.15) is 40.0 Å². The quantitative estimate of drug-likeness (QED) is 0.446. The molecular weight excluding hydrogens is 240 g/mol. The van der Waals surface area contributed by atoms with Crippen molar-refractivity contribution >= 4 is 5.97 Å². The Kier molecular flexibility index (Phi) is 4.14. The van der Waals surface area contributed by atoms with Crippen molar-refractivity contribution in [3.63, 3.8) is 0 Å². The predicted octanol–water partition coefficient (Wildman–Crippen LogP) is 3.26. The van der Waals surface area contributed by atoms with E-state index >= 15 is 0 Å². The summed E-state index contributed by atoms with van der Waals surface area (Å²) in [6, 6.07) is 0. The van der Waals surface area contributed by atoms with Crippen LogP contribution in [0, 0.1) is 11.3 Å². The molecule has 1 saturated carbocycles. The van der Waals surface area contributed by atoms with Crippen LogP contribution >= 0.6 is 0 Å². The van der Waals surface area contributed by atoms with E-state index in [1.54, 1.807) is 0 Å². The van der Waals surface area contributed by atoms with Gasteiger partial charge in [-0.05, 0) is 44.6 Å². The van der Waals surface area contributed by atoms with Crippen molar-refractivity contribution in [2.45, 2.75) is 52.2 Å². The highest BCUT2D eigenvalue weighted by Crippen LogP contribution is 2.51. The van der Waals surface area contributed by atoms with Crippen molar-refractivity contribution < 1.29 is 14.3 Å². The summed E-state index contributed by atoms with van der Waals surface area (Å²) in [5.74, 6) is 0.233. The molecule has 1 aliphatic heterocycles. The molecule has 2 aliphatic rings. The van der Waals surface area contributed by atoms with Crippen LogP contribution in [0.4, 0.5) is 0 Å². The van der Waals surface area contributed by atoms with Gasteiger partial charge in [0.1, 0.15) is 0 Å². The van der Waals surface area contributed by atoms with E-state index in [4.69, 9.17) is 4.74 Å². The van der Waals surface area contributed by atoms with E-state index in [9.17, 15) is 4.79 Å². The summed E-state index contributed by atoms with van der Waals surface area (Å²) in [4.78, 5) is 11.2. The Balaban J connectivity index is 2.06. The van der Waals surface area contributed by atoms with Crippen LogP contribution in [0.5, 0.6) is 0 Å². The fourth-order valence-electron chi connectivity index (χ4n) is 3.34. The Morgan fingerprint density at radius 2 is 2.16 bits per heavy atom. The molecule has 2 rings (SSSR count). The lowest BCUT2D eigenvalue weighted by Crippen LogP contribution is -2.34. The second-order valence-corrected chi connectivity index (χ2v) is 6.06. The molecule has 0 amide bonds. The fourth-order valence-corrected chi connectivity index (χ4v) is 3.34. The molecule has 4 atom stereocenters. The van der Waals surface area contributed by atoms with Crippen molar-refractivity contribution in [2.75, 3.05) is 7.11 Å². The first kappa shape index (κ1) is 14.3. The van der Waals surface area contributed by atoms with Gasteiger partial charge in [-0.25, -0.2) is 4.79 Å². The number of allylic oxidation sites excluding steroid dienone is 3. The zero-order valence-corrected chi connectivity index (χ0v) is 12.3. The van der Waals surface area contributed by atoms with Crippen molar-refractivity contribution in [3.05, 3.63) is 23.8 Å². The molecule has 0 spiro atoms. The highest BCUT2D eigenvalue weighted by Gasteiger charge is 2.49. The molecule has 3 nitrogen and oxygen atoms in total. The summed E-state index contributed by atoms with van der Waals surface area (Å²) < 4.78 is 10.6. The smallest absolute Gasteiger partial charge is 0.330 e. The van der Waals surface area contributed by atoms with Gasteiger partial charge in [-0.2, -0.15) is 0 Å². The lowest BCUT2D eigenvalue weighted by Gasteiger charge is -2.37. The third-order valence-corrected chi connectivity index (χ3v) is 4.78. The molecule has 4 unspecified atom stereocenters. The Morgan fingerprint density at radius 1 is 1.42 bits per heavy atom. The van der Waals surface area contributed by atoms with Crippen molar-refractivity contribution in [1.29, 1.82) is 0 Å². The fraction of sp³-hybridized carbons (Fsp3) is 0.688. The first-order valence-electron chi connectivity index (χ1n) is 7.05. The van der Waals surface area contributed by atoms with Gasteiger partial charge in [0.2, 0.25) is 0 Å². The van der Waals surface area contributed by atoms with Crippen molar-refractivity contribution in [3.8, 4) is 0 Å². The zero-order chi connectivity index (χ0) is 14.0. The van der Waals surface area contributed by atoms with Crippen LogP contribution in [-0.2, 0) is 14.3 Å². The first-order valence-corrected chi connectivity index (χ1v) is 7.05. The number of fused-ring (bicyclic) bond motifs is 2. The summed E-state index contributed by atoms with van der Waals surface area (Å²) in [6.45, 7) is 6.43. The predicted molar refractivity (Wildman–Crippen MR) is 74.7 cm³/mol. The number of ether oxygens (including phenoxy) is 2. The Morgan fingerprint density at radius 3 is 2.84 bits per heavy atom. The van der Waals surface area contributed by atoms with Crippen molar-refractivity contribution in [2.24, 2.45) is 11.3 Å². The minimum atomic E-state index is -0.297. The van der Waals surface area contributed by atoms with Crippen LogP contribution in [0.2, 0.25) is 0 Å². The van der Waals surface area contributed by atoms with Gasteiger partial charge in [-0.15, -0.1) is 0 Å². The number of hydrogen-bond acceptors (Lipinski definition) is 3. The highest BCUT2D eigenvalue weighted by atomic mass is 16.5. The van der Waals surface area contributed by atoms with E-state index in [2.05, 4.69) is 24.7 Å². The maximum absolute atomic E-state index is 11.2. The SMILES string of the molecule is COC(=O)/C=C(C)/C=C/C1CCC2CC1(C)C(C)O2. The van der Waals surface area contributed by atoms with Crippen LogP contribution in [0.15, 0.2) is 23.8 Å². The van der Waals surface area contributed by atoms with E-state index in [0.29, 0.717) is 18.1 Å². The van der Waals surface area contributed by atoms with Gasteiger partial charge in [0.05, 0.1) is 19.3 Å². The molecule has 3 heteroatoms. The summed E-state index contributed by atoms with van der Waals surface area (Å²) in [5, 5.41) is 0. The van der Waals surface area contributed by atoms with Gasteiger partial charge in [0, 0.05) is 11.5 Å². The number of methoxy groups -OCH3 is 1. The summed E-state index contributed by atoms with van der Waals surface area (Å²) in [7, 11) is 1.40. The van der Waals surface area contributed by atoms with Gasteiger partial charge < -0.3 is 9.47 Å². The van der Waals surface area contributed by atoms with Crippen LogP contribution in [0.25, 0.3) is 0 Å². The largest absolute Gasteiger partial charge is 0.466 e. The second kappa shape index (κ2) is 5.49. The lowest BCUT2D eigenvalue weighted by atomic mass is 9.66. The van der Waals surface area contributed by atoms with E-state index in [-0.39, 0.29) is 11.4 Å². The molecule has 2 bridgehead atoms. The molecule has 2 fully saturated rings. The summed E-state index contributed by atoms with van der Waals surface area (Å²) >= 11 is 0. The molecule has 19 heavy (non-hydrogen) atoms. The topological polar surface area (TPSA) is 35.5 Å². The maximum atomic E-state index is 11.2.